The number of benzene rings is 2. The zero-order valence-corrected chi connectivity index (χ0v) is 19.1. The van der Waals surface area contributed by atoms with Gasteiger partial charge in [0, 0.05) is 49.4 Å². The van der Waals surface area contributed by atoms with Crippen LogP contribution >= 0.6 is 0 Å². The van der Waals surface area contributed by atoms with E-state index in [1.54, 1.807) is 0 Å². The minimum Gasteiger partial charge on any atom is -0.493 e. The summed E-state index contributed by atoms with van der Waals surface area (Å²) in [5.74, 6) is 1.93. The van der Waals surface area contributed by atoms with Gasteiger partial charge in [0.2, 0.25) is 5.91 Å². The molecule has 1 fully saturated rings. The summed E-state index contributed by atoms with van der Waals surface area (Å²) in [7, 11) is 0. The van der Waals surface area contributed by atoms with Gasteiger partial charge < -0.3 is 24.6 Å². The summed E-state index contributed by atoms with van der Waals surface area (Å²) in [5.41, 5.74) is 3.26. The van der Waals surface area contributed by atoms with Gasteiger partial charge in [-0.2, -0.15) is 0 Å². The molecule has 4 aliphatic rings. The molecule has 33 heavy (non-hydrogen) atoms. The van der Waals surface area contributed by atoms with Crippen LogP contribution in [0.3, 0.4) is 0 Å². The van der Waals surface area contributed by atoms with E-state index in [0.29, 0.717) is 26.3 Å². The number of nitrogens with zero attached hydrogens (tertiary/aromatic N) is 2. The Morgan fingerprint density at radius 3 is 2.88 bits per heavy atom. The third-order valence-corrected chi connectivity index (χ3v) is 7.39. The van der Waals surface area contributed by atoms with E-state index in [2.05, 4.69) is 17.4 Å². The van der Waals surface area contributed by atoms with Gasteiger partial charge in [-0.3, -0.25) is 4.79 Å². The number of carbonyl (C=O) groups excluding carboxylic acids is 2. The van der Waals surface area contributed by atoms with Crippen LogP contribution in [0.4, 0.5) is 10.5 Å². The number of hydrogen-bond acceptors (Lipinski definition) is 4. The van der Waals surface area contributed by atoms with E-state index >= 15 is 0 Å². The molecule has 2 aromatic rings. The van der Waals surface area contributed by atoms with Gasteiger partial charge >= 0.3 is 6.03 Å². The van der Waals surface area contributed by atoms with Crippen LogP contribution in [0.1, 0.15) is 37.0 Å². The fourth-order valence-corrected chi connectivity index (χ4v) is 5.79. The molecule has 2 unspecified atom stereocenters. The molecule has 0 saturated carbocycles. The molecule has 4 aliphatic heterocycles. The summed E-state index contributed by atoms with van der Waals surface area (Å²) in [4.78, 5) is 30.4. The van der Waals surface area contributed by atoms with Crippen LogP contribution in [0.2, 0.25) is 0 Å². The van der Waals surface area contributed by atoms with E-state index in [9.17, 15) is 9.59 Å². The fraction of sp³-hybridized carbons (Fsp3) is 0.462. The second-order valence-corrected chi connectivity index (χ2v) is 9.89. The zero-order chi connectivity index (χ0) is 22.7. The number of para-hydroxylation sites is 1. The number of urea groups is 1. The van der Waals surface area contributed by atoms with Crippen LogP contribution in [0.25, 0.3) is 0 Å². The standard InChI is InChI=1S/C26H29N3O4/c1-16(2)27-25(31)28-9-7-17(13-28)14-29-21-6-4-3-5-19(21)26(24(29)30)15-33-23-12-22-18(8-10-32-22)11-20(23)26/h3-6,11-12,16-17H,7-10,13-15H2,1-2H3,(H,27,31). The Labute approximate surface area is 193 Å². The zero-order valence-electron chi connectivity index (χ0n) is 19.1. The first kappa shape index (κ1) is 20.4. The first-order chi connectivity index (χ1) is 16.0. The van der Waals surface area contributed by atoms with E-state index in [-0.39, 0.29) is 23.9 Å². The topological polar surface area (TPSA) is 71.1 Å². The Morgan fingerprint density at radius 2 is 2.03 bits per heavy atom. The third-order valence-electron chi connectivity index (χ3n) is 7.39. The van der Waals surface area contributed by atoms with Gasteiger partial charge in [0.05, 0.1) is 6.61 Å². The number of likely N-dealkylation sites (tertiary alicyclic amines) is 1. The lowest BCUT2D eigenvalue weighted by Crippen LogP contribution is -2.45. The van der Waals surface area contributed by atoms with Gasteiger partial charge in [0.1, 0.15) is 23.5 Å². The number of nitrogens with one attached hydrogen (secondary N) is 1. The molecule has 2 aromatic carbocycles. The van der Waals surface area contributed by atoms with Crippen molar-refractivity contribution in [3.05, 3.63) is 53.1 Å². The van der Waals surface area contributed by atoms with E-state index < -0.39 is 5.41 Å². The molecule has 2 atom stereocenters. The van der Waals surface area contributed by atoms with Crippen LogP contribution in [-0.2, 0) is 16.6 Å². The minimum atomic E-state index is -0.809. The molecule has 0 bridgehead atoms. The van der Waals surface area contributed by atoms with Crippen molar-refractivity contribution in [3.8, 4) is 11.5 Å². The highest BCUT2D eigenvalue weighted by atomic mass is 16.5. The number of rotatable bonds is 3. The van der Waals surface area contributed by atoms with Gasteiger partial charge in [0.15, 0.2) is 0 Å². The number of fused-ring (bicyclic) bond motifs is 5. The maximum atomic E-state index is 14.1. The Bertz CT molecular complexity index is 1150. The predicted molar refractivity (Wildman–Crippen MR) is 124 cm³/mol. The quantitative estimate of drug-likeness (QED) is 0.785. The van der Waals surface area contributed by atoms with E-state index in [0.717, 1.165) is 53.3 Å². The molecule has 1 spiro atoms. The third kappa shape index (κ3) is 3.01. The molecular formula is C26H29N3O4. The highest BCUT2D eigenvalue weighted by Gasteiger charge is 2.57. The average molecular weight is 448 g/mol. The molecule has 7 heteroatoms. The summed E-state index contributed by atoms with van der Waals surface area (Å²) in [6.07, 6.45) is 1.75. The normalized spacial score (nSPS) is 24.7. The molecule has 3 amide bonds. The number of carbonyl (C=O) groups is 2. The molecule has 0 aromatic heterocycles. The summed E-state index contributed by atoms with van der Waals surface area (Å²) >= 11 is 0. The number of amides is 3. The lowest BCUT2D eigenvalue weighted by Gasteiger charge is -2.25. The number of hydrogen-bond donors (Lipinski definition) is 1. The van der Waals surface area contributed by atoms with Gasteiger partial charge in [-0.15, -0.1) is 0 Å². The average Bonchev–Trinajstić information content (AvgIpc) is 3.56. The van der Waals surface area contributed by atoms with Crippen LogP contribution < -0.4 is 19.7 Å². The van der Waals surface area contributed by atoms with Crippen LogP contribution in [-0.4, -0.2) is 55.7 Å². The van der Waals surface area contributed by atoms with Crippen molar-refractivity contribution in [1.29, 1.82) is 0 Å². The van der Waals surface area contributed by atoms with Crippen molar-refractivity contribution in [3.63, 3.8) is 0 Å². The van der Waals surface area contributed by atoms with Crippen molar-refractivity contribution in [2.75, 3.05) is 37.7 Å². The molecule has 7 nitrogen and oxygen atoms in total. The molecule has 4 heterocycles. The molecule has 6 rings (SSSR count). The first-order valence-electron chi connectivity index (χ1n) is 11.9. The van der Waals surface area contributed by atoms with E-state index in [1.807, 2.05) is 47.9 Å². The van der Waals surface area contributed by atoms with Gasteiger partial charge in [-0.25, -0.2) is 4.79 Å². The second kappa shape index (κ2) is 7.40. The number of ether oxygens (including phenoxy) is 2. The summed E-state index contributed by atoms with van der Waals surface area (Å²) in [6.45, 7) is 6.90. The van der Waals surface area contributed by atoms with Crippen LogP contribution in [0, 0.1) is 5.92 Å². The Kier molecular flexibility index (Phi) is 4.57. The number of anilines is 1. The second-order valence-electron chi connectivity index (χ2n) is 9.89. The molecule has 1 saturated heterocycles. The highest BCUT2D eigenvalue weighted by Crippen LogP contribution is 2.54. The fourth-order valence-electron chi connectivity index (χ4n) is 5.79. The van der Waals surface area contributed by atoms with Gasteiger partial charge in [-0.1, -0.05) is 18.2 Å². The Balaban J connectivity index is 1.31. The molecular weight excluding hydrogens is 418 g/mol. The van der Waals surface area contributed by atoms with Crippen LogP contribution in [0.15, 0.2) is 36.4 Å². The molecule has 0 aliphatic carbocycles. The van der Waals surface area contributed by atoms with Gasteiger partial charge in [-0.05, 0) is 49.4 Å². The molecule has 0 radical (unpaired) electrons. The van der Waals surface area contributed by atoms with Crippen molar-refractivity contribution in [2.24, 2.45) is 5.92 Å². The minimum absolute atomic E-state index is 0.0219. The largest absolute Gasteiger partial charge is 0.493 e. The van der Waals surface area contributed by atoms with E-state index in [1.165, 1.54) is 0 Å². The monoisotopic (exact) mass is 447 g/mol. The summed E-state index contributed by atoms with van der Waals surface area (Å²) in [6, 6.07) is 12.2. The highest BCUT2D eigenvalue weighted by molar-refractivity contribution is 6.11. The lowest BCUT2D eigenvalue weighted by molar-refractivity contribution is -0.122. The van der Waals surface area contributed by atoms with Crippen LogP contribution in [0.5, 0.6) is 11.5 Å². The van der Waals surface area contributed by atoms with Gasteiger partial charge in [0.25, 0.3) is 0 Å². The summed E-state index contributed by atoms with van der Waals surface area (Å²) in [5, 5.41) is 2.97. The molecule has 1 N–H and O–H groups in total. The Morgan fingerprint density at radius 1 is 1.18 bits per heavy atom. The smallest absolute Gasteiger partial charge is 0.317 e. The lowest BCUT2D eigenvalue weighted by atomic mass is 9.76. The van der Waals surface area contributed by atoms with E-state index in [4.69, 9.17) is 9.47 Å². The molecule has 172 valence electrons. The first-order valence-corrected chi connectivity index (χ1v) is 11.9. The van der Waals surface area contributed by atoms with Crippen molar-refractivity contribution in [2.45, 2.75) is 38.1 Å². The van der Waals surface area contributed by atoms with Crippen molar-refractivity contribution >= 4 is 17.6 Å². The van der Waals surface area contributed by atoms with Crippen molar-refractivity contribution in [1.82, 2.24) is 10.2 Å². The predicted octanol–water partition coefficient (Wildman–Crippen LogP) is 3.09. The maximum absolute atomic E-state index is 14.1. The maximum Gasteiger partial charge on any atom is 0.317 e. The Hall–Kier alpha value is -3.22. The van der Waals surface area contributed by atoms with Crippen molar-refractivity contribution < 1.29 is 19.1 Å². The SMILES string of the molecule is CC(C)NC(=O)N1CCC(CN2C(=O)C3(COc4cc5c(cc43)CCO5)c3ccccc32)C1. The summed E-state index contributed by atoms with van der Waals surface area (Å²) < 4.78 is 11.8.